The summed E-state index contributed by atoms with van der Waals surface area (Å²) in [4.78, 5) is 17.9. The summed E-state index contributed by atoms with van der Waals surface area (Å²) in [5.74, 6) is -0.114. The molecule has 4 rings (SSSR count). The minimum absolute atomic E-state index is 0.0285. The summed E-state index contributed by atoms with van der Waals surface area (Å²) in [5, 5.41) is 13.4. The molecule has 3 heterocycles. The van der Waals surface area contributed by atoms with Crippen LogP contribution in [0.1, 0.15) is 39.9 Å². The molecule has 0 amide bonds. The Labute approximate surface area is 183 Å². The summed E-state index contributed by atoms with van der Waals surface area (Å²) in [7, 11) is -2.50. The van der Waals surface area contributed by atoms with E-state index in [2.05, 4.69) is 10.1 Å². The number of carbonyl (C=O) groups is 1. The molecule has 0 saturated carbocycles. The maximum absolute atomic E-state index is 13.0. The number of methoxy groups -OCH3 is 1. The zero-order valence-corrected chi connectivity index (χ0v) is 18.6. The lowest BCUT2D eigenvalue weighted by atomic mass is 9.98. The van der Waals surface area contributed by atoms with E-state index in [1.165, 1.54) is 23.5 Å². The Bertz CT molecular complexity index is 1210. The van der Waals surface area contributed by atoms with Crippen molar-refractivity contribution in [2.75, 3.05) is 20.2 Å². The quantitative estimate of drug-likeness (QED) is 0.590. The van der Waals surface area contributed by atoms with Crippen LogP contribution in [0, 0.1) is 6.92 Å². The largest absolute Gasteiger partial charge is 0.496 e. The molecular formula is C20H21N3O6S2. The van der Waals surface area contributed by atoms with E-state index < -0.39 is 16.0 Å². The summed E-state index contributed by atoms with van der Waals surface area (Å²) >= 11 is 1.58. The van der Waals surface area contributed by atoms with Gasteiger partial charge in [-0.25, -0.2) is 13.2 Å². The summed E-state index contributed by atoms with van der Waals surface area (Å²) in [6.45, 7) is 2.56. The van der Waals surface area contributed by atoms with E-state index in [0.717, 1.165) is 15.8 Å². The molecule has 1 N–H and O–H groups in total. The molecule has 3 aromatic rings. The lowest BCUT2D eigenvalue weighted by Crippen LogP contribution is -2.38. The Morgan fingerprint density at radius 3 is 2.61 bits per heavy atom. The van der Waals surface area contributed by atoms with Crippen molar-refractivity contribution in [2.45, 2.75) is 30.6 Å². The molecule has 1 aliphatic rings. The number of carboxylic acid groups (broad SMARTS) is 1. The van der Waals surface area contributed by atoms with E-state index >= 15 is 0 Å². The standard InChI is InChI=1S/C20H21N3O6S2/c1-12-3-6-17(30-12)18-21-19(29-22-18)13-7-9-23(10-8-13)31(26,27)14-4-5-16(28-2)15(11-14)20(24)25/h3-6,11,13H,7-10H2,1-2H3,(H,24,25). The Kier molecular flexibility index (Phi) is 5.82. The molecule has 1 aromatic carbocycles. The van der Waals surface area contributed by atoms with Gasteiger partial charge in [0.2, 0.25) is 21.7 Å². The van der Waals surface area contributed by atoms with E-state index in [4.69, 9.17) is 9.26 Å². The van der Waals surface area contributed by atoms with Gasteiger partial charge in [0.25, 0.3) is 0 Å². The van der Waals surface area contributed by atoms with Crippen LogP contribution in [0.3, 0.4) is 0 Å². The topological polar surface area (TPSA) is 123 Å². The molecule has 11 heteroatoms. The van der Waals surface area contributed by atoms with Crippen LogP contribution < -0.4 is 4.74 Å². The monoisotopic (exact) mass is 463 g/mol. The molecule has 164 valence electrons. The predicted molar refractivity (Wildman–Crippen MR) is 113 cm³/mol. The number of aryl methyl sites for hydroxylation is 1. The van der Waals surface area contributed by atoms with Crippen molar-refractivity contribution in [3.63, 3.8) is 0 Å². The summed E-state index contributed by atoms with van der Waals surface area (Å²) in [6, 6.07) is 7.80. The second-order valence-corrected chi connectivity index (χ2v) is 10.4. The van der Waals surface area contributed by atoms with Crippen molar-refractivity contribution >= 4 is 27.3 Å². The van der Waals surface area contributed by atoms with Gasteiger partial charge in [0, 0.05) is 23.9 Å². The third-order valence-corrected chi connectivity index (χ3v) is 8.14. The maximum atomic E-state index is 13.0. The van der Waals surface area contributed by atoms with Crippen LogP contribution in [0.25, 0.3) is 10.7 Å². The number of carboxylic acids is 1. The zero-order valence-electron chi connectivity index (χ0n) is 16.9. The number of hydrogen-bond acceptors (Lipinski definition) is 8. The zero-order chi connectivity index (χ0) is 22.2. The normalized spacial score (nSPS) is 15.8. The van der Waals surface area contributed by atoms with Gasteiger partial charge in [-0.1, -0.05) is 5.16 Å². The molecule has 0 spiro atoms. The van der Waals surface area contributed by atoms with Crippen LogP contribution in [0.4, 0.5) is 0 Å². The van der Waals surface area contributed by atoms with Crippen LogP contribution in [-0.4, -0.2) is 54.1 Å². The minimum atomic E-state index is -3.83. The molecule has 0 unspecified atom stereocenters. The van der Waals surface area contributed by atoms with Crippen LogP contribution in [0.15, 0.2) is 39.8 Å². The molecule has 1 saturated heterocycles. The molecule has 1 aliphatic heterocycles. The molecule has 0 radical (unpaired) electrons. The van der Waals surface area contributed by atoms with Crippen LogP contribution in [0.5, 0.6) is 5.75 Å². The highest BCUT2D eigenvalue weighted by atomic mass is 32.2. The average Bonchev–Trinajstić information content (AvgIpc) is 3.42. The fraction of sp³-hybridized carbons (Fsp3) is 0.350. The molecule has 31 heavy (non-hydrogen) atoms. The molecule has 0 aliphatic carbocycles. The van der Waals surface area contributed by atoms with Crippen molar-refractivity contribution < 1.29 is 27.6 Å². The highest BCUT2D eigenvalue weighted by Gasteiger charge is 2.33. The number of hydrogen-bond donors (Lipinski definition) is 1. The van der Waals surface area contributed by atoms with Crippen molar-refractivity contribution in [1.29, 1.82) is 0 Å². The first-order valence-electron chi connectivity index (χ1n) is 9.61. The van der Waals surface area contributed by atoms with Gasteiger partial charge in [0.05, 0.1) is 16.9 Å². The second kappa shape index (κ2) is 8.40. The number of nitrogens with zero attached hydrogens (tertiary/aromatic N) is 3. The highest BCUT2D eigenvalue weighted by Crippen LogP contribution is 2.33. The van der Waals surface area contributed by atoms with Crippen molar-refractivity contribution in [3.8, 4) is 16.5 Å². The molecule has 0 bridgehead atoms. The van der Waals surface area contributed by atoms with Crippen LogP contribution >= 0.6 is 11.3 Å². The van der Waals surface area contributed by atoms with Gasteiger partial charge in [-0.3, -0.25) is 0 Å². The first-order valence-corrected chi connectivity index (χ1v) is 11.9. The van der Waals surface area contributed by atoms with Crippen molar-refractivity contribution in [2.24, 2.45) is 0 Å². The van der Waals surface area contributed by atoms with Gasteiger partial charge in [-0.2, -0.15) is 9.29 Å². The summed E-state index contributed by atoms with van der Waals surface area (Å²) in [6.07, 6.45) is 1.07. The lowest BCUT2D eigenvalue weighted by Gasteiger charge is -2.29. The number of aromatic carboxylic acids is 1. The molecule has 9 nitrogen and oxygen atoms in total. The van der Waals surface area contributed by atoms with Gasteiger partial charge in [0.1, 0.15) is 11.3 Å². The smallest absolute Gasteiger partial charge is 0.339 e. The van der Waals surface area contributed by atoms with E-state index in [1.54, 1.807) is 11.3 Å². The second-order valence-electron chi connectivity index (χ2n) is 7.21. The fourth-order valence-corrected chi connectivity index (χ4v) is 5.85. The Morgan fingerprint density at radius 2 is 2.00 bits per heavy atom. The molecular weight excluding hydrogens is 442 g/mol. The first-order chi connectivity index (χ1) is 14.8. The SMILES string of the molecule is COc1ccc(S(=O)(=O)N2CCC(c3nc(-c4ccc(C)s4)no3)CC2)cc1C(=O)O. The molecule has 0 atom stereocenters. The number of aromatic nitrogens is 2. The van der Waals surface area contributed by atoms with Crippen LogP contribution in [-0.2, 0) is 10.0 Å². The van der Waals surface area contributed by atoms with Gasteiger partial charge in [0.15, 0.2) is 0 Å². The van der Waals surface area contributed by atoms with E-state index in [9.17, 15) is 18.3 Å². The Balaban J connectivity index is 1.48. The predicted octanol–water partition coefficient (Wildman–Crippen LogP) is 3.38. The third kappa shape index (κ3) is 4.21. The van der Waals surface area contributed by atoms with Gasteiger partial charge < -0.3 is 14.4 Å². The van der Waals surface area contributed by atoms with E-state index in [-0.39, 0.29) is 35.2 Å². The van der Waals surface area contributed by atoms with Gasteiger partial charge in [-0.05, 0) is 50.1 Å². The molecule has 1 fully saturated rings. The van der Waals surface area contributed by atoms with Crippen molar-refractivity contribution in [3.05, 3.63) is 46.7 Å². The maximum Gasteiger partial charge on any atom is 0.339 e. The number of ether oxygens (including phenoxy) is 1. The Hall–Kier alpha value is -2.76. The first kappa shape index (κ1) is 21.5. The molecule has 2 aromatic heterocycles. The lowest BCUT2D eigenvalue weighted by molar-refractivity contribution is 0.0693. The Morgan fingerprint density at radius 1 is 1.26 bits per heavy atom. The number of sulfonamides is 1. The van der Waals surface area contributed by atoms with E-state index in [1.807, 2.05) is 19.1 Å². The third-order valence-electron chi connectivity index (χ3n) is 5.24. The average molecular weight is 464 g/mol. The summed E-state index contributed by atoms with van der Waals surface area (Å²) in [5.41, 5.74) is -0.194. The minimum Gasteiger partial charge on any atom is -0.496 e. The fourth-order valence-electron chi connectivity index (χ4n) is 3.56. The van der Waals surface area contributed by atoms with Gasteiger partial charge >= 0.3 is 5.97 Å². The number of thiophene rings is 1. The number of piperidine rings is 1. The highest BCUT2D eigenvalue weighted by molar-refractivity contribution is 7.89. The van der Waals surface area contributed by atoms with Crippen molar-refractivity contribution in [1.82, 2.24) is 14.4 Å². The van der Waals surface area contributed by atoms with E-state index in [0.29, 0.717) is 24.6 Å². The summed E-state index contributed by atoms with van der Waals surface area (Å²) < 4.78 is 37.9. The van der Waals surface area contributed by atoms with Crippen LogP contribution in [0.2, 0.25) is 0 Å². The number of benzene rings is 1. The van der Waals surface area contributed by atoms with Gasteiger partial charge in [-0.15, -0.1) is 11.3 Å². The number of rotatable bonds is 6.